The Balaban J connectivity index is 1.93. The van der Waals surface area contributed by atoms with E-state index in [9.17, 15) is 9.50 Å². The predicted molar refractivity (Wildman–Crippen MR) is 68.5 cm³/mol. The molecule has 1 aliphatic rings. The number of benzene rings is 1. The molecule has 0 amide bonds. The lowest BCUT2D eigenvalue weighted by molar-refractivity contribution is -0.0770. The molecule has 1 aromatic carbocycles. The van der Waals surface area contributed by atoms with Gasteiger partial charge in [0.05, 0.1) is 5.56 Å². The van der Waals surface area contributed by atoms with E-state index in [-0.39, 0.29) is 11.6 Å². The van der Waals surface area contributed by atoms with Crippen LogP contribution < -0.4 is 0 Å². The number of hydrogen-bond donors (Lipinski definition) is 1. The number of phenolic OH excluding ortho intramolecular Hbond substituents is 1. The van der Waals surface area contributed by atoms with Crippen molar-refractivity contribution in [1.82, 2.24) is 10.1 Å². The number of nitrogens with zero attached hydrogens (tertiary/aromatic N) is 2. The average Bonchev–Trinajstić information content (AvgIpc) is 2.90. The predicted octanol–water partition coefficient (Wildman–Crippen LogP) is 3.00. The van der Waals surface area contributed by atoms with Crippen molar-refractivity contribution in [3.05, 3.63) is 29.8 Å². The van der Waals surface area contributed by atoms with Gasteiger partial charge in [0.15, 0.2) is 0 Å². The second-order valence-electron chi connectivity index (χ2n) is 5.12. The van der Waals surface area contributed by atoms with E-state index < -0.39 is 11.4 Å². The molecule has 1 aromatic heterocycles. The molecule has 0 aliphatic carbocycles. The zero-order valence-electron chi connectivity index (χ0n) is 11.1. The molecule has 0 bridgehead atoms. The van der Waals surface area contributed by atoms with Crippen molar-refractivity contribution in [3.8, 4) is 17.2 Å². The molecule has 1 unspecified atom stereocenters. The van der Waals surface area contributed by atoms with Gasteiger partial charge >= 0.3 is 0 Å². The first-order valence-electron chi connectivity index (χ1n) is 6.55. The van der Waals surface area contributed by atoms with Gasteiger partial charge in [-0.05, 0) is 38.3 Å². The summed E-state index contributed by atoms with van der Waals surface area (Å²) in [5.41, 5.74) is -0.250. The zero-order chi connectivity index (χ0) is 14.2. The van der Waals surface area contributed by atoms with Gasteiger partial charge in [-0.25, -0.2) is 4.39 Å². The molecule has 1 saturated heterocycles. The van der Waals surface area contributed by atoms with Gasteiger partial charge in [-0.2, -0.15) is 4.98 Å². The maximum atomic E-state index is 13.0. The van der Waals surface area contributed by atoms with E-state index in [0.717, 1.165) is 25.3 Å². The minimum Gasteiger partial charge on any atom is -0.507 e. The number of rotatable bonds is 2. The summed E-state index contributed by atoms with van der Waals surface area (Å²) in [7, 11) is 0. The lowest BCUT2D eigenvalue weighted by atomic mass is 9.95. The second kappa shape index (κ2) is 4.86. The maximum Gasteiger partial charge on any atom is 0.261 e. The van der Waals surface area contributed by atoms with Crippen molar-refractivity contribution in [2.75, 3.05) is 6.61 Å². The van der Waals surface area contributed by atoms with E-state index >= 15 is 0 Å². The van der Waals surface area contributed by atoms with E-state index in [2.05, 4.69) is 10.1 Å². The van der Waals surface area contributed by atoms with E-state index in [0.29, 0.717) is 18.0 Å². The number of aromatic hydroxyl groups is 1. The van der Waals surface area contributed by atoms with E-state index in [1.807, 2.05) is 6.92 Å². The Labute approximate surface area is 115 Å². The van der Waals surface area contributed by atoms with Crippen LogP contribution in [0.4, 0.5) is 4.39 Å². The number of phenols is 1. The Kier molecular flexibility index (Phi) is 3.17. The normalized spacial score (nSPS) is 22.9. The molecule has 1 atom stereocenters. The molecule has 1 fully saturated rings. The minimum absolute atomic E-state index is 0.160. The van der Waals surface area contributed by atoms with Crippen molar-refractivity contribution in [1.29, 1.82) is 0 Å². The highest BCUT2D eigenvalue weighted by Gasteiger charge is 2.35. The molecule has 0 saturated carbocycles. The van der Waals surface area contributed by atoms with Crippen LogP contribution in [0.3, 0.4) is 0 Å². The van der Waals surface area contributed by atoms with Gasteiger partial charge in [0, 0.05) is 12.7 Å². The summed E-state index contributed by atoms with van der Waals surface area (Å²) in [5, 5.41) is 13.7. The maximum absolute atomic E-state index is 13.0. The van der Waals surface area contributed by atoms with Crippen LogP contribution in [0.15, 0.2) is 22.7 Å². The van der Waals surface area contributed by atoms with Crippen LogP contribution >= 0.6 is 0 Å². The molecular formula is C14H15FN2O3. The van der Waals surface area contributed by atoms with E-state index in [4.69, 9.17) is 9.26 Å². The highest BCUT2D eigenvalue weighted by atomic mass is 19.1. The van der Waals surface area contributed by atoms with Gasteiger partial charge in [0.25, 0.3) is 5.89 Å². The number of aromatic nitrogens is 2. The highest BCUT2D eigenvalue weighted by Crippen LogP contribution is 2.35. The Hall–Kier alpha value is -1.95. The van der Waals surface area contributed by atoms with Crippen LogP contribution in [0.5, 0.6) is 5.75 Å². The summed E-state index contributed by atoms with van der Waals surface area (Å²) in [6.07, 6.45) is 2.89. The molecule has 20 heavy (non-hydrogen) atoms. The fraction of sp³-hybridized carbons (Fsp3) is 0.429. The molecule has 1 aliphatic heterocycles. The Morgan fingerprint density at radius 1 is 1.35 bits per heavy atom. The summed E-state index contributed by atoms with van der Waals surface area (Å²) < 4.78 is 23.9. The third-order valence-electron chi connectivity index (χ3n) is 3.56. The molecule has 106 valence electrons. The van der Waals surface area contributed by atoms with Crippen molar-refractivity contribution in [2.24, 2.45) is 0 Å². The van der Waals surface area contributed by atoms with Gasteiger partial charge < -0.3 is 14.4 Å². The Bertz CT molecular complexity index is 621. The quantitative estimate of drug-likeness (QED) is 0.914. The van der Waals surface area contributed by atoms with Gasteiger partial charge in [-0.3, -0.25) is 0 Å². The van der Waals surface area contributed by atoms with Crippen LogP contribution in [0, 0.1) is 5.82 Å². The van der Waals surface area contributed by atoms with Crippen LogP contribution in [-0.4, -0.2) is 21.9 Å². The van der Waals surface area contributed by atoms with Gasteiger partial charge in [-0.15, -0.1) is 0 Å². The number of ether oxygens (including phenoxy) is 1. The van der Waals surface area contributed by atoms with Crippen molar-refractivity contribution < 1.29 is 18.8 Å². The smallest absolute Gasteiger partial charge is 0.261 e. The van der Waals surface area contributed by atoms with Crippen LogP contribution in [-0.2, 0) is 10.3 Å². The Morgan fingerprint density at radius 2 is 2.20 bits per heavy atom. The van der Waals surface area contributed by atoms with Gasteiger partial charge in [0.1, 0.15) is 17.2 Å². The summed E-state index contributed by atoms with van der Waals surface area (Å²) in [5.74, 6) is -0.132. The first-order valence-corrected chi connectivity index (χ1v) is 6.55. The van der Waals surface area contributed by atoms with Crippen molar-refractivity contribution >= 4 is 0 Å². The summed E-state index contributed by atoms with van der Waals surface area (Å²) in [6.45, 7) is 2.59. The van der Waals surface area contributed by atoms with Crippen molar-refractivity contribution in [3.63, 3.8) is 0 Å². The largest absolute Gasteiger partial charge is 0.507 e. The fourth-order valence-electron chi connectivity index (χ4n) is 2.34. The Morgan fingerprint density at radius 3 is 2.90 bits per heavy atom. The SMILES string of the molecule is CC1(c2noc(-c3ccc(F)cc3O)n2)CCCCO1. The third kappa shape index (κ3) is 2.27. The molecule has 2 aromatic rings. The molecule has 0 spiro atoms. The van der Waals surface area contributed by atoms with Crippen LogP contribution in [0.25, 0.3) is 11.5 Å². The summed E-state index contributed by atoms with van der Waals surface area (Å²) >= 11 is 0. The number of halogens is 1. The van der Waals surface area contributed by atoms with Crippen molar-refractivity contribution in [2.45, 2.75) is 31.8 Å². The molecule has 5 nitrogen and oxygen atoms in total. The zero-order valence-corrected chi connectivity index (χ0v) is 11.1. The highest BCUT2D eigenvalue weighted by molar-refractivity contribution is 5.61. The standard InChI is InChI=1S/C14H15FN2O3/c1-14(6-2-3-7-19-14)13-16-12(20-17-13)10-5-4-9(15)8-11(10)18/h4-5,8,18H,2-3,6-7H2,1H3. The molecular weight excluding hydrogens is 263 g/mol. The van der Waals surface area contributed by atoms with Crippen LogP contribution in [0.2, 0.25) is 0 Å². The third-order valence-corrected chi connectivity index (χ3v) is 3.56. The fourth-order valence-corrected chi connectivity index (χ4v) is 2.34. The molecule has 3 rings (SSSR count). The molecule has 0 radical (unpaired) electrons. The second-order valence-corrected chi connectivity index (χ2v) is 5.12. The summed E-state index contributed by atoms with van der Waals surface area (Å²) in [6, 6.07) is 3.65. The lowest BCUT2D eigenvalue weighted by Crippen LogP contribution is -2.31. The topological polar surface area (TPSA) is 68.4 Å². The number of hydrogen-bond acceptors (Lipinski definition) is 5. The first-order chi connectivity index (χ1) is 9.58. The minimum atomic E-state index is -0.560. The average molecular weight is 278 g/mol. The first kappa shape index (κ1) is 13.1. The molecule has 1 N–H and O–H groups in total. The van der Waals surface area contributed by atoms with Gasteiger partial charge in [-0.1, -0.05) is 5.16 Å². The van der Waals surface area contributed by atoms with E-state index in [1.165, 1.54) is 12.1 Å². The summed E-state index contributed by atoms with van der Waals surface area (Å²) in [4.78, 5) is 4.28. The van der Waals surface area contributed by atoms with E-state index in [1.54, 1.807) is 0 Å². The molecule has 2 heterocycles. The molecule has 6 heteroatoms. The van der Waals surface area contributed by atoms with Gasteiger partial charge in [0.2, 0.25) is 5.82 Å². The lowest BCUT2D eigenvalue weighted by Gasteiger charge is -2.30. The van der Waals surface area contributed by atoms with Crippen LogP contribution in [0.1, 0.15) is 32.0 Å². The monoisotopic (exact) mass is 278 g/mol.